The zero-order valence-corrected chi connectivity index (χ0v) is 21.4. The van der Waals surface area contributed by atoms with Gasteiger partial charge in [0.05, 0.1) is 5.39 Å². The SMILES string of the molecule is O=C(OCc1ccccc1)c1c(-c2c(CBr)n(C3CCCC3)c3ncnc(Cl)c23)noc1C1CC1. The van der Waals surface area contributed by atoms with Crippen molar-refractivity contribution in [3.05, 3.63) is 64.4 Å². The topological polar surface area (TPSA) is 83.0 Å². The second-order valence-corrected chi connectivity index (χ2v) is 10.2. The van der Waals surface area contributed by atoms with Crippen molar-refractivity contribution in [2.24, 2.45) is 0 Å². The number of ether oxygens (including phenoxy) is 1. The molecule has 0 aliphatic heterocycles. The van der Waals surface area contributed by atoms with Crippen LogP contribution >= 0.6 is 27.5 Å². The maximum absolute atomic E-state index is 13.5. The van der Waals surface area contributed by atoms with E-state index in [1.54, 1.807) is 0 Å². The van der Waals surface area contributed by atoms with Crippen molar-refractivity contribution in [2.45, 2.75) is 62.4 Å². The molecule has 180 valence electrons. The predicted octanol–water partition coefficient (Wildman–Crippen LogP) is 6.98. The van der Waals surface area contributed by atoms with Crippen LogP contribution in [0.4, 0.5) is 0 Å². The van der Waals surface area contributed by atoms with Gasteiger partial charge in [0.1, 0.15) is 35.0 Å². The fourth-order valence-corrected chi connectivity index (χ4v) is 5.95. The first-order valence-electron chi connectivity index (χ1n) is 12.0. The fraction of sp³-hybridized carbons (Fsp3) is 0.385. The van der Waals surface area contributed by atoms with Crippen LogP contribution in [-0.2, 0) is 16.7 Å². The third kappa shape index (κ3) is 4.06. The van der Waals surface area contributed by atoms with Gasteiger partial charge in [0.2, 0.25) is 0 Å². The van der Waals surface area contributed by atoms with E-state index in [4.69, 9.17) is 20.9 Å². The zero-order chi connectivity index (χ0) is 23.9. The van der Waals surface area contributed by atoms with Gasteiger partial charge in [-0.25, -0.2) is 14.8 Å². The molecule has 2 saturated carbocycles. The van der Waals surface area contributed by atoms with E-state index in [-0.39, 0.29) is 12.5 Å². The van der Waals surface area contributed by atoms with Crippen LogP contribution in [0.1, 0.15) is 77.9 Å². The van der Waals surface area contributed by atoms with E-state index in [2.05, 4.69) is 35.6 Å². The van der Waals surface area contributed by atoms with Gasteiger partial charge in [-0.15, -0.1) is 0 Å². The summed E-state index contributed by atoms with van der Waals surface area (Å²) in [6, 6.07) is 9.95. The van der Waals surface area contributed by atoms with Crippen LogP contribution in [0.15, 0.2) is 41.2 Å². The molecular weight excluding hydrogens is 532 g/mol. The number of halogens is 2. The first-order chi connectivity index (χ1) is 17.2. The Kier molecular flexibility index (Phi) is 6.10. The molecule has 0 spiro atoms. The summed E-state index contributed by atoms with van der Waals surface area (Å²) in [6.45, 7) is 0.174. The maximum atomic E-state index is 13.5. The average molecular weight is 556 g/mol. The van der Waals surface area contributed by atoms with Crippen LogP contribution in [0.3, 0.4) is 0 Å². The van der Waals surface area contributed by atoms with Crippen molar-refractivity contribution < 1.29 is 14.1 Å². The second-order valence-electron chi connectivity index (χ2n) is 9.23. The lowest BCUT2D eigenvalue weighted by Crippen LogP contribution is -2.10. The van der Waals surface area contributed by atoms with E-state index in [0.717, 1.165) is 48.2 Å². The molecule has 6 rings (SSSR count). The van der Waals surface area contributed by atoms with Gasteiger partial charge < -0.3 is 13.8 Å². The van der Waals surface area contributed by atoms with Crippen LogP contribution in [0.2, 0.25) is 5.15 Å². The summed E-state index contributed by atoms with van der Waals surface area (Å²) < 4.78 is 13.8. The van der Waals surface area contributed by atoms with Crippen LogP contribution in [0.25, 0.3) is 22.3 Å². The number of fused-ring (bicyclic) bond motifs is 1. The molecule has 2 fully saturated rings. The van der Waals surface area contributed by atoms with Gasteiger partial charge in [0, 0.05) is 28.5 Å². The van der Waals surface area contributed by atoms with Gasteiger partial charge in [-0.05, 0) is 31.2 Å². The normalized spacial score (nSPS) is 16.3. The standard InChI is InChI=1S/C26H24BrClN4O3/c27-12-18-19(20-24(28)29-14-30-25(20)32(18)17-8-4-5-9-17)22-21(23(35-31-22)16-10-11-16)26(33)34-13-15-6-2-1-3-7-15/h1-3,6-7,14,16-17H,4-5,8-13H2. The molecule has 3 aromatic heterocycles. The van der Waals surface area contributed by atoms with Crippen LogP contribution in [-0.4, -0.2) is 25.7 Å². The minimum atomic E-state index is -0.442. The lowest BCUT2D eigenvalue weighted by Gasteiger charge is -2.16. The number of nitrogens with zero attached hydrogens (tertiary/aromatic N) is 4. The molecule has 35 heavy (non-hydrogen) atoms. The van der Waals surface area contributed by atoms with E-state index < -0.39 is 5.97 Å². The van der Waals surface area contributed by atoms with Crippen molar-refractivity contribution in [1.82, 2.24) is 19.7 Å². The molecule has 0 amide bonds. The Morgan fingerprint density at radius 3 is 2.63 bits per heavy atom. The van der Waals surface area contributed by atoms with Crippen LogP contribution in [0.5, 0.6) is 0 Å². The molecule has 0 bridgehead atoms. The van der Waals surface area contributed by atoms with E-state index in [9.17, 15) is 4.79 Å². The number of alkyl halides is 1. The Labute approximate surface area is 215 Å². The monoisotopic (exact) mass is 554 g/mol. The second kappa shape index (κ2) is 9.39. The van der Waals surface area contributed by atoms with Gasteiger partial charge in [-0.1, -0.05) is 75.9 Å². The number of benzene rings is 1. The molecule has 2 aliphatic carbocycles. The maximum Gasteiger partial charge on any atom is 0.344 e. The quantitative estimate of drug-likeness (QED) is 0.139. The van der Waals surface area contributed by atoms with Gasteiger partial charge in [-0.2, -0.15) is 0 Å². The molecule has 1 aromatic carbocycles. The summed E-state index contributed by atoms with van der Waals surface area (Å²) >= 11 is 10.4. The first-order valence-corrected chi connectivity index (χ1v) is 13.5. The largest absolute Gasteiger partial charge is 0.457 e. The van der Waals surface area contributed by atoms with Crippen molar-refractivity contribution in [1.29, 1.82) is 0 Å². The Bertz CT molecular complexity index is 1390. The van der Waals surface area contributed by atoms with Crippen molar-refractivity contribution in [3.63, 3.8) is 0 Å². The lowest BCUT2D eigenvalue weighted by atomic mass is 10.0. The number of hydrogen-bond donors (Lipinski definition) is 0. The average Bonchev–Trinajstić information content (AvgIpc) is 3.28. The Morgan fingerprint density at radius 2 is 1.91 bits per heavy atom. The van der Waals surface area contributed by atoms with Crippen molar-refractivity contribution >= 4 is 44.5 Å². The highest BCUT2D eigenvalue weighted by molar-refractivity contribution is 9.08. The number of aromatic nitrogens is 4. The van der Waals surface area contributed by atoms with Crippen molar-refractivity contribution in [3.8, 4) is 11.3 Å². The zero-order valence-electron chi connectivity index (χ0n) is 19.0. The molecule has 7 nitrogen and oxygen atoms in total. The van der Waals surface area contributed by atoms with E-state index in [1.807, 2.05) is 30.3 Å². The Hall–Kier alpha value is -2.71. The van der Waals surface area contributed by atoms with Crippen LogP contribution in [0, 0.1) is 0 Å². The number of rotatable bonds is 7. The van der Waals surface area contributed by atoms with Gasteiger partial charge in [0.15, 0.2) is 5.76 Å². The predicted molar refractivity (Wildman–Crippen MR) is 136 cm³/mol. The molecule has 0 saturated heterocycles. The first kappa shape index (κ1) is 22.7. The van der Waals surface area contributed by atoms with E-state index in [1.165, 1.54) is 19.2 Å². The summed E-state index contributed by atoms with van der Waals surface area (Å²) in [7, 11) is 0. The summed E-state index contributed by atoms with van der Waals surface area (Å²) in [5.41, 5.74) is 4.25. The number of carbonyl (C=O) groups is 1. The minimum Gasteiger partial charge on any atom is -0.457 e. The molecule has 0 atom stereocenters. The fourth-order valence-electron chi connectivity index (χ4n) is 5.18. The van der Waals surface area contributed by atoms with Crippen LogP contribution < -0.4 is 0 Å². The molecule has 3 heterocycles. The highest BCUT2D eigenvalue weighted by atomic mass is 79.9. The van der Waals surface area contributed by atoms with E-state index in [0.29, 0.717) is 38.9 Å². The Morgan fingerprint density at radius 1 is 1.14 bits per heavy atom. The number of esters is 1. The minimum absolute atomic E-state index is 0.174. The Balaban J connectivity index is 1.51. The lowest BCUT2D eigenvalue weighted by molar-refractivity contribution is 0.0471. The van der Waals surface area contributed by atoms with Crippen molar-refractivity contribution in [2.75, 3.05) is 0 Å². The third-order valence-corrected chi connectivity index (χ3v) is 7.79. The summed E-state index contributed by atoms with van der Waals surface area (Å²) in [5, 5.41) is 6.02. The molecule has 0 unspecified atom stereocenters. The molecule has 4 aromatic rings. The molecule has 9 heteroatoms. The van der Waals surface area contributed by atoms with Gasteiger partial charge >= 0.3 is 5.97 Å². The summed E-state index contributed by atoms with van der Waals surface area (Å²) in [6.07, 6.45) is 7.91. The summed E-state index contributed by atoms with van der Waals surface area (Å²) in [5.74, 6) is 0.327. The smallest absolute Gasteiger partial charge is 0.344 e. The number of carbonyl (C=O) groups excluding carboxylic acids is 1. The molecule has 0 radical (unpaired) electrons. The summed E-state index contributed by atoms with van der Waals surface area (Å²) in [4.78, 5) is 22.4. The van der Waals surface area contributed by atoms with Gasteiger partial charge in [-0.3, -0.25) is 0 Å². The molecule has 0 N–H and O–H groups in total. The third-order valence-electron chi connectivity index (χ3n) is 6.98. The molecule has 2 aliphatic rings. The van der Waals surface area contributed by atoms with Gasteiger partial charge in [0.25, 0.3) is 0 Å². The highest BCUT2D eigenvalue weighted by Gasteiger charge is 2.38. The van der Waals surface area contributed by atoms with E-state index >= 15 is 0 Å². The molecular formula is C26H24BrClN4O3. The highest BCUT2D eigenvalue weighted by Crippen LogP contribution is 2.48. The number of hydrogen-bond acceptors (Lipinski definition) is 6.